The van der Waals surface area contributed by atoms with E-state index in [-0.39, 0.29) is 0 Å². The van der Waals surface area contributed by atoms with E-state index in [1.165, 1.54) is 0 Å². The maximum absolute atomic E-state index is 11.0. The van der Waals surface area contributed by atoms with E-state index in [4.69, 9.17) is 9.84 Å². The Bertz CT molecular complexity index is 413. The summed E-state index contributed by atoms with van der Waals surface area (Å²) in [6.45, 7) is 5.73. The molecule has 4 nitrogen and oxygen atoms in total. The summed E-state index contributed by atoms with van der Waals surface area (Å²) in [4.78, 5) is 11.0. The molecular weight excluding hydrogens is 218 g/mol. The molecule has 0 aromatic heterocycles. The van der Waals surface area contributed by atoms with E-state index in [0.29, 0.717) is 6.54 Å². The van der Waals surface area contributed by atoms with Gasteiger partial charge < -0.3 is 15.2 Å². The third-order valence-electron chi connectivity index (χ3n) is 2.73. The minimum Gasteiger partial charge on any atom is -0.497 e. The van der Waals surface area contributed by atoms with Gasteiger partial charge in [0.05, 0.1) is 12.5 Å². The van der Waals surface area contributed by atoms with Crippen LogP contribution in [0.25, 0.3) is 0 Å². The van der Waals surface area contributed by atoms with Gasteiger partial charge in [-0.25, -0.2) is 0 Å². The first-order valence-electron chi connectivity index (χ1n) is 5.49. The second-order valence-electron chi connectivity index (χ2n) is 4.72. The minimum absolute atomic E-state index is 0.384. The van der Waals surface area contributed by atoms with E-state index in [2.05, 4.69) is 5.32 Å². The molecule has 0 saturated carbocycles. The number of benzene rings is 1. The van der Waals surface area contributed by atoms with Gasteiger partial charge in [0.2, 0.25) is 0 Å². The number of hydrogen-bond donors (Lipinski definition) is 2. The zero-order valence-electron chi connectivity index (χ0n) is 10.7. The number of hydrogen-bond acceptors (Lipinski definition) is 3. The molecule has 0 aliphatic rings. The lowest BCUT2D eigenvalue weighted by atomic mass is 9.93. The zero-order valence-corrected chi connectivity index (χ0v) is 10.7. The Hall–Kier alpha value is -1.71. The van der Waals surface area contributed by atoms with Crippen LogP contribution >= 0.6 is 0 Å². The summed E-state index contributed by atoms with van der Waals surface area (Å²) in [5.41, 5.74) is 1.18. The number of rotatable bonds is 5. The lowest BCUT2D eigenvalue weighted by Gasteiger charge is -2.21. The molecule has 0 aliphatic carbocycles. The summed E-state index contributed by atoms with van der Waals surface area (Å²) in [6.07, 6.45) is 0. The number of nitrogens with one attached hydrogen (secondary N) is 1. The van der Waals surface area contributed by atoms with Crippen molar-refractivity contribution in [1.82, 2.24) is 0 Å². The van der Waals surface area contributed by atoms with E-state index in [9.17, 15) is 4.79 Å². The number of methoxy groups -OCH3 is 1. The molecule has 4 heteroatoms. The van der Waals surface area contributed by atoms with E-state index >= 15 is 0 Å². The van der Waals surface area contributed by atoms with Crippen molar-refractivity contribution in [2.24, 2.45) is 5.41 Å². The lowest BCUT2D eigenvalue weighted by Crippen LogP contribution is -2.31. The highest BCUT2D eigenvalue weighted by molar-refractivity contribution is 5.74. The Morgan fingerprint density at radius 3 is 2.59 bits per heavy atom. The monoisotopic (exact) mass is 237 g/mol. The number of carbonyl (C=O) groups is 1. The van der Waals surface area contributed by atoms with E-state index in [0.717, 1.165) is 17.0 Å². The van der Waals surface area contributed by atoms with Crippen molar-refractivity contribution >= 4 is 11.7 Å². The van der Waals surface area contributed by atoms with Gasteiger partial charge in [-0.05, 0) is 44.5 Å². The van der Waals surface area contributed by atoms with Crippen molar-refractivity contribution in [2.45, 2.75) is 20.8 Å². The maximum Gasteiger partial charge on any atom is 0.310 e. The van der Waals surface area contributed by atoms with Crippen LogP contribution in [0.4, 0.5) is 5.69 Å². The number of ether oxygens (including phenoxy) is 1. The van der Waals surface area contributed by atoms with E-state index in [1.807, 2.05) is 25.1 Å². The fourth-order valence-corrected chi connectivity index (χ4v) is 1.35. The predicted octanol–water partition coefficient (Wildman–Crippen LogP) is 2.53. The van der Waals surface area contributed by atoms with Crippen molar-refractivity contribution in [3.8, 4) is 5.75 Å². The average Bonchev–Trinajstić information content (AvgIpc) is 2.27. The van der Waals surface area contributed by atoms with E-state index < -0.39 is 11.4 Å². The molecule has 0 saturated heterocycles. The molecule has 0 radical (unpaired) electrons. The topological polar surface area (TPSA) is 58.6 Å². The molecule has 0 aliphatic heterocycles. The van der Waals surface area contributed by atoms with Gasteiger partial charge in [0.15, 0.2) is 0 Å². The van der Waals surface area contributed by atoms with Crippen LogP contribution in [0.3, 0.4) is 0 Å². The van der Waals surface area contributed by atoms with Gasteiger partial charge in [-0.15, -0.1) is 0 Å². The third kappa shape index (κ3) is 3.37. The summed E-state index contributed by atoms with van der Waals surface area (Å²) in [5.74, 6) is -0.0123. The Morgan fingerprint density at radius 2 is 2.12 bits per heavy atom. The molecule has 0 atom stereocenters. The smallest absolute Gasteiger partial charge is 0.310 e. The van der Waals surface area contributed by atoms with E-state index in [1.54, 1.807) is 21.0 Å². The molecule has 1 rings (SSSR count). The summed E-state index contributed by atoms with van der Waals surface area (Å²) >= 11 is 0. The number of carboxylic acid groups (broad SMARTS) is 1. The molecule has 0 unspecified atom stereocenters. The summed E-state index contributed by atoms with van der Waals surface area (Å²) in [7, 11) is 1.62. The first-order valence-corrected chi connectivity index (χ1v) is 5.49. The number of carboxylic acids is 1. The molecule has 1 aromatic rings. The second kappa shape index (κ2) is 5.08. The van der Waals surface area contributed by atoms with Gasteiger partial charge in [-0.3, -0.25) is 4.79 Å². The fourth-order valence-electron chi connectivity index (χ4n) is 1.35. The molecule has 1 aromatic carbocycles. The Balaban J connectivity index is 2.73. The second-order valence-corrected chi connectivity index (χ2v) is 4.72. The van der Waals surface area contributed by atoms with Crippen LogP contribution < -0.4 is 10.1 Å². The van der Waals surface area contributed by atoms with Crippen molar-refractivity contribution in [2.75, 3.05) is 19.0 Å². The number of anilines is 1. The molecule has 0 bridgehead atoms. The van der Waals surface area contributed by atoms with Crippen molar-refractivity contribution in [3.63, 3.8) is 0 Å². The summed E-state index contributed by atoms with van der Waals surface area (Å²) < 4.78 is 5.11. The highest BCUT2D eigenvalue weighted by Gasteiger charge is 2.26. The first-order chi connectivity index (χ1) is 7.86. The van der Waals surface area contributed by atoms with Crippen molar-refractivity contribution < 1.29 is 14.6 Å². The minimum atomic E-state index is -0.809. The van der Waals surface area contributed by atoms with Crippen LogP contribution in [0.2, 0.25) is 0 Å². The highest BCUT2D eigenvalue weighted by atomic mass is 16.5. The van der Waals surface area contributed by atoms with Gasteiger partial charge in [0.1, 0.15) is 5.75 Å². The molecule has 17 heavy (non-hydrogen) atoms. The molecule has 0 fully saturated rings. The molecule has 0 amide bonds. The SMILES string of the molecule is COc1ccc(NCC(C)(C)C(=O)O)c(C)c1. The van der Waals surface area contributed by atoms with Crippen LogP contribution in [0, 0.1) is 12.3 Å². The van der Waals surface area contributed by atoms with Crippen LogP contribution in [0.15, 0.2) is 18.2 Å². The molecule has 94 valence electrons. The Labute approximate surface area is 102 Å². The van der Waals surface area contributed by atoms with Crippen LogP contribution in [0.5, 0.6) is 5.75 Å². The predicted molar refractivity (Wildman–Crippen MR) is 67.6 cm³/mol. The van der Waals surface area contributed by atoms with Gasteiger partial charge in [-0.2, -0.15) is 0 Å². The van der Waals surface area contributed by atoms with Gasteiger partial charge in [-0.1, -0.05) is 0 Å². The molecular formula is C13H19NO3. The summed E-state index contributed by atoms with van der Waals surface area (Å²) in [5, 5.41) is 12.2. The largest absolute Gasteiger partial charge is 0.497 e. The Kier molecular flexibility index (Phi) is 3.99. The normalized spacial score (nSPS) is 11.1. The maximum atomic E-state index is 11.0. The van der Waals surface area contributed by atoms with Crippen LogP contribution in [-0.4, -0.2) is 24.7 Å². The third-order valence-corrected chi connectivity index (χ3v) is 2.73. The van der Waals surface area contributed by atoms with Gasteiger partial charge in [0, 0.05) is 12.2 Å². The molecule has 0 heterocycles. The van der Waals surface area contributed by atoms with Crippen LogP contribution in [-0.2, 0) is 4.79 Å². The molecule has 2 N–H and O–H groups in total. The van der Waals surface area contributed by atoms with Crippen LogP contribution in [0.1, 0.15) is 19.4 Å². The standard InChI is InChI=1S/C13H19NO3/c1-9-7-10(17-4)5-6-11(9)14-8-13(2,3)12(15)16/h5-7,14H,8H2,1-4H3,(H,15,16). The Morgan fingerprint density at radius 1 is 1.47 bits per heavy atom. The number of aryl methyl sites for hydroxylation is 1. The summed E-state index contributed by atoms with van der Waals surface area (Å²) in [6, 6.07) is 5.66. The average molecular weight is 237 g/mol. The fraction of sp³-hybridized carbons (Fsp3) is 0.462. The van der Waals surface area contributed by atoms with Gasteiger partial charge in [0.25, 0.3) is 0 Å². The highest BCUT2D eigenvalue weighted by Crippen LogP contribution is 2.23. The molecule has 0 spiro atoms. The van der Waals surface area contributed by atoms with Crippen molar-refractivity contribution in [3.05, 3.63) is 23.8 Å². The first kappa shape index (κ1) is 13.4. The number of aliphatic carboxylic acids is 1. The van der Waals surface area contributed by atoms with Crippen molar-refractivity contribution in [1.29, 1.82) is 0 Å². The lowest BCUT2D eigenvalue weighted by molar-refractivity contribution is -0.146. The quantitative estimate of drug-likeness (QED) is 0.826. The van der Waals surface area contributed by atoms with Gasteiger partial charge >= 0.3 is 5.97 Å². The zero-order chi connectivity index (χ0) is 13.1.